The molecule has 0 heterocycles. The van der Waals surface area contributed by atoms with Gasteiger partial charge in [-0.2, -0.15) is 0 Å². The van der Waals surface area contributed by atoms with Crippen molar-refractivity contribution in [1.82, 2.24) is 0 Å². The minimum atomic E-state index is -1.62. The van der Waals surface area contributed by atoms with Crippen molar-refractivity contribution in [1.29, 1.82) is 0 Å². The van der Waals surface area contributed by atoms with Gasteiger partial charge in [-0.25, -0.2) is 0 Å². The molecule has 0 fully saturated rings. The van der Waals surface area contributed by atoms with Crippen LogP contribution in [-0.2, 0) is 0 Å². The van der Waals surface area contributed by atoms with Crippen LogP contribution in [0.4, 0.5) is 0 Å². The minimum Gasteiger partial charge on any atom is -0.396 e. The Morgan fingerprint density at radius 2 is 2.30 bits per heavy atom. The number of hydrogen-bond donors (Lipinski definition) is 1. The van der Waals surface area contributed by atoms with Crippen LogP contribution in [0.15, 0.2) is 12.2 Å². The third-order valence-corrected chi connectivity index (χ3v) is 0.961. The second kappa shape index (κ2) is 8.70. The van der Waals surface area contributed by atoms with E-state index >= 15 is 0 Å². The molecule has 0 aromatic carbocycles. The van der Waals surface area contributed by atoms with E-state index in [0.29, 0.717) is 6.42 Å². The molecule has 0 radical (unpaired) electrons. The Labute approximate surface area is 69.4 Å². The number of aliphatic hydroxyl groups excluding tert-OH is 1. The molecule has 2 atom stereocenters. The maximum Gasteiger partial charge on any atom is 0.0465 e. The molecular weight excluding hydrogens is 124 g/mol. The van der Waals surface area contributed by atoms with E-state index in [-0.39, 0.29) is 13.0 Å². The van der Waals surface area contributed by atoms with Crippen molar-refractivity contribution in [3.8, 4) is 0 Å². The van der Waals surface area contributed by atoms with Gasteiger partial charge in [0.05, 0.1) is 0 Å². The standard InChI is InChI=1S/C9H18O/c1-2-3-4-5-6-7-8-9-10/h6-7,10H,2-5,8-9H2,1H3/b7-6-/i3D2,4D,5D. The number of aliphatic hydroxyl groups is 1. The Hall–Kier alpha value is -0.300. The highest BCUT2D eigenvalue weighted by molar-refractivity contribution is 4.80. The van der Waals surface area contributed by atoms with E-state index in [2.05, 4.69) is 0 Å². The van der Waals surface area contributed by atoms with Gasteiger partial charge in [-0.1, -0.05) is 31.9 Å². The van der Waals surface area contributed by atoms with E-state index in [0.717, 1.165) is 0 Å². The molecule has 2 unspecified atom stereocenters. The van der Waals surface area contributed by atoms with Crippen LogP contribution in [-0.4, -0.2) is 11.7 Å². The summed E-state index contributed by atoms with van der Waals surface area (Å²) < 4.78 is 30.0. The van der Waals surface area contributed by atoms with Gasteiger partial charge in [0.2, 0.25) is 0 Å². The maximum atomic E-state index is 8.49. The third kappa shape index (κ3) is 7.70. The Morgan fingerprint density at radius 1 is 1.50 bits per heavy atom. The first-order valence-corrected chi connectivity index (χ1v) is 3.57. The molecule has 0 bridgehead atoms. The first kappa shape index (κ1) is 4.55. The van der Waals surface area contributed by atoms with Crippen molar-refractivity contribution >= 4 is 0 Å². The second-order valence-electron chi connectivity index (χ2n) is 1.86. The normalized spacial score (nSPS) is 24.6. The summed E-state index contributed by atoms with van der Waals surface area (Å²) in [4.78, 5) is 0. The van der Waals surface area contributed by atoms with E-state index in [1.54, 1.807) is 13.0 Å². The van der Waals surface area contributed by atoms with Crippen molar-refractivity contribution in [2.75, 3.05) is 6.61 Å². The lowest BCUT2D eigenvalue weighted by molar-refractivity contribution is 0.302. The van der Waals surface area contributed by atoms with Crippen molar-refractivity contribution in [2.45, 2.75) is 38.9 Å². The Morgan fingerprint density at radius 3 is 2.90 bits per heavy atom. The predicted octanol–water partition coefficient (Wildman–Crippen LogP) is 2.51. The minimum absolute atomic E-state index is 0.0204. The van der Waals surface area contributed by atoms with Gasteiger partial charge < -0.3 is 5.11 Å². The first-order chi connectivity index (χ1) is 6.45. The highest BCUT2D eigenvalue weighted by atomic mass is 16.2. The Balaban J connectivity index is 4.17. The molecule has 0 spiro atoms. The Bertz CT molecular complexity index is 182. The fourth-order valence-electron chi connectivity index (χ4n) is 0.491. The summed E-state index contributed by atoms with van der Waals surface area (Å²) in [5, 5.41) is 8.49. The highest BCUT2D eigenvalue weighted by Gasteiger charge is 1.80. The van der Waals surface area contributed by atoms with Gasteiger partial charge in [-0.15, -0.1) is 0 Å². The van der Waals surface area contributed by atoms with Crippen LogP contribution in [0.25, 0.3) is 0 Å². The van der Waals surface area contributed by atoms with E-state index in [4.69, 9.17) is 10.6 Å². The molecule has 1 N–H and O–H groups in total. The quantitative estimate of drug-likeness (QED) is 0.571. The van der Waals surface area contributed by atoms with E-state index in [1.165, 1.54) is 6.08 Å². The summed E-state index contributed by atoms with van der Waals surface area (Å²) in [5.41, 5.74) is 0. The van der Waals surface area contributed by atoms with Gasteiger partial charge >= 0.3 is 0 Å². The van der Waals surface area contributed by atoms with Gasteiger partial charge in [0.25, 0.3) is 0 Å². The first-order valence-electron chi connectivity index (χ1n) is 5.73. The molecule has 0 aromatic rings. The van der Waals surface area contributed by atoms with Crippen LogP contribution in [0.3, 0.4) is 0 Å². The van der Waals surface area contributed by atoms with Crippen LogP contribution in [0.1, 0.15) is 44.4 Å². The van der Waals surface area contributed by atoms with E-state index in [1.807, 2.05) is 0 Å². The molecule has 0 rings (SSSR count). The lowest BCUT2D eigenvalue weighted by atomic mass is 10.2. The molecule has 0 amide bonds. The van der Waals surface area contributed by atoms with Gasteiger partial charge in [0.15, 0.2) is 0 Å². The summed E-state index contributed by atoms with van der Waals surface area (Å²) >= 11 is 0. The molecular formula is C9H18O. The molecule has 0 saturated carbocycles. The van der Waals surface area contributed by atoms with Crippen LogP contribution in [0, 0.1) is 0 Å². The average molecular weight is 146 g/mol. The molecule has 0 aliphatic rings. The third-order valence-electron chi connectivity index (χ3n) is 0.961. The van der Waals surface area contributed by atoms with Gasteiger partial charge in [-0.3, -0.25) is 0 Å². The summed E-state index contributed by atoms with van der Waals surface area (Å²) in [5.74, 6) is 0. The van der Waals surface area contributed by atoms with Crippen molar-refractivity contribution in [2.24, 2.45) is 0 Å². The monoisotopic (exact) mass is 146 g/mol. The highest BCUT2D eigenvalue weighted by Crippen LogP contribution is 1.99. The second-order valence-corrected chi connectivity index (χ2v) is 1.86. The van der Waals surface area contributed by atoms with Crippen LogP contribution < -0.4 is 0 Å². The predicted molar refractivity (Wildman–Crippen MR) is 45.0 cm³/mol. The number of allylic oxidation sites excluding steroid dienone is 1. The number of rotatable bonds is 6. The SMILES string of the molecule is [2H]C(/C=C\CCO)C([2H])C([2H])([2H])CC. The topological polar surface area (TPSA) is 20.2 Å². The average Bonchev–Trinajstić information content (AvgIpc) is 2.17. The molecule has 10 heavy (non-hydrogen) atoms. The molecule has 0 aromatic heterocycles. The summed E-state index contributed by atoms with van der Waals surface area (Å²) in [6, 6.07) is 0. The zero-order valence-corrected chi connectivity index (χ0v) is 6.38. The molecule has 1 nitrogen and oxygen atoms in total. The summed E-state index contributed by atoms with van der Waals surface area (Å²) in [7, 11) is 0. The van der Waals surface area contributed by atoms with Gasteiger partial charge in [0, 0.05) is 12.1 Å². The van der Waals surface area contributed by atoms with E-state index < -0.39 is 19.2 Å². The fourth-order valence-corrected chi connectivity index (χ4v) is 0.491. The number of hydrogen-bond acceptors (Lipinski definition) is 1. The smallest absolute Gasteiger partial charge is 0.0465 e. The Kier molecular flexibility index (Phi) is 3.96. The van der Waals surface area contributed by atoms with Gasteiger partial charge in [-0.05, 0) is 19.2 Å². The van der Waals surface area contributed by atoms with E-state index in [9.17, 15) is 0 Å². The van der Waals surface area contributed by atoms with Crippen LogP contribution in [0.2, 0.25) is 0 Å². The van der Waals surface area contributed by atoms with Crippen LogP contribution >= 0.6 is 0 Å². The summed E-state index contributed by atoms with van der Waals surface area (Å²) in [6.45, 7) is 1.69. The van der Waals surface area contributed by atoms with Crippen molar-refractivity contribution < 1.29 is 10.6 Å². The molecule has 0 aliphatic carbocycles. The van der Waals surface area contributed by atoms with Crippen LogP contribution in [0.5, 0.6) is 0 Å². The zero-order chi connectivity index (χ0) is 11.2. The molecule has 1 heteroatoms. The maximum absolute atomic E-state index is 8.49. The zero-order valence-electron chi connectivity index (χ0n) is 10.4. The largest absolute Gasteiger partial charge is 0.396 e. The fraction of sp³-hybridized carbons (Fsp3) is 0.778. The molecule has 0 aliphatic heterocycles. The van der Waals surface area contributed by atoms with Crippen molar-refractivity contribution in [3.63, 3.8) is 0 Å². The molecule has 60 valence electrons. The lowest BCUT2D eigenvalue weighted by Crippen LogP contribution is -1.76. The summed E-state index contributed by atoms with van der Waals surface area (Å²) in [6.07, 6.45) is 0.239. The lowest BCUT2D eigenvalue weighted by Gasteiger charge is -1.90. The van der Waals surface area contributed by atoms with Crippen molar-refractivity contribution in [3.05, 3.63) is 12.2 Å². The van der Waals surface area contributed by atoms with Gasteiger partial charge in [0.1, 0.15) is 0 Å². The molecule has 0 saturated heterocycles.